The van der Waals surface area contributed by atoms with Crippen LogP contribution in [0.25, 0.3) is 0 Å². The molecule has 0 aromatic rings. The zero-order valence-corrected chi connectivity index (χ0v) is 17.5. The number of hydrogen-bond donors (Lipinski definition) is 2. The first kappa shape index (κ1) is 20.6. The van der Waals surface area contributed by atoms with Crippen LogP contribution in [0.5, 0.6) is 0 Å². The van der Waals surface area contributed by atoms with Crippen molar-refractivity contribution in [1.82, 2.24) is 0 Å². The van der Waals surface area contributed by atoms with Crippen LogP contribution in [0, 0.1) is 23.2 Å². The second-order valence-electron chi connectivity index (χ2n) is 9.66. The van der Waals surface area contributed by atoms with E-state index in [-0.39, 0.29) is 0 Å². The van der Waals surface area contributed by atoms with Crippen molar-refractivity contribution in [3.63, 3.8) is 0 Å². The highest BCUT2D eigenvalue weighted by Gasteiger charge is 2.48. The maximum absolute atomic E-state index is 10.1. The molecule has 0 bridgehead atoms. The lowest BCUT2D eigenvalue weighted by Gasteiger charge is -2.42. The fourth-order valence-electron chi connectivity index (χ4n) is 5.71. The number of fused-ring (bicyclic) bond motifs is 1. The molecule has 5 atom stereocenters. The first-order valence-electron chi connectivity index (χ1n) is 10.9. The Hall–Kier alpha value is -1.12. The molecular weight excluding hydrogens is 332 g/mol. The Kier molecular flexibility index (Phi) is 6.48. The SMILES string of the molecule is C=C1/C(=C\C=C2/CCCC3(C)C2CC[C@@H]3C/C=C/C(C)C)C[C@@H](O)CC1O. The lowest BCUT2D eigenvalue weighted by Crippen LogP contribution is -2.33. The van der Waals surface area contributed by atoms with Crippen molar-refractivity contribution in [2.45, 2.75) is 84.3 Å². The van der Waals surface area contributed by atoms with E-state index in [0.29, 0.717) is 30.1 Å². The van der Waals surface area contributed by atoms with E-state index in [1.165, 1.54) is 38.5 Å². The molecule has 0 heterocycles. The number of rotatable bonds is 4. The Bertz CT molecular complexity index is 639. The van der Waals surface area contributed by atoms with Gasteiger partial charge in [-0.2, -0.15) is 0 Å². The van der Waals surface area contributed by atoms with E-state index >= 15 is 0 Å². The van der Waals surface area contributed by atoms with Crippen molar-refractivity contribution < 1.29 is 10.2 Å². The van der Waals surface area contributed by atoms with Gasteiger partial charge < -0.3 is 10.2 Å². The third-order valence-corrected chi connectivity index (χ3v) is 7.37. The number of aliphatic hydroxyl groups is 2. The smallest absolute Gasteiger partial charge is 0.0811 e. The summed E-state index contributed by atoms with van der Waals surface area (Å²) >= 11 is 0. The van der Waals surface area contributed by atoms with Crippen LogP contribution in [0.3, 0.4) is 0 Å². The molecule has 3 unspecified atom stereocenters. The van der Waals surface area contributed by atoms with Gasteiger partial charge >= 0.3 is 0 Å². The lowest BCUT2D eigenvalue weighted by atomic mass is 9.63. The maximum atomic E-state index is 10.1. The highest BCUT2D eigenvalue weighted by Crippen LogP contribution is 2.58. The normalized spacial score (nSPS) is 40.4. The molecule has 3 fully saturated rings. The molecule has 2 nitrogen and oxygen atoms in total. The highest BCUT2D eigenvalue weighted by atomic mass is 16.3. The minimum absolute atomic E-state index is 0.416. The predicted molar refractivity (Wildman–Crippen MR) is 113 cm³/mol. The van der Waals surface area contributed by atoms with Crippen molar-refractivity contribution in [2.24, 2.45) is 23.2 Å². The van der Waals surface area contributed by atoms with Crippen LogP contribution in [0.15, 0.2) is 47.6 Å². The Morgan fingerprint density at radius 3 is 2.74 bits per heavy atom. The topological polar surface area (TPSA) is 40.5 Å². The molecule has 0 amide bonds. The summed E-state index contributed by atoms with van der Waals surface area (Å²) in [6.07, 6.45) is 16.9. The molecule has 3 aliphatic rings. The van der Waals surface area contributed by atoms with Gasteiger partial charge in [-0.25, -0.2) is 0 Å². The van der Waals surface area contributed by atoms with Gasteiger partial charge in [-0.05, 0) is 79.3 Å². The van der Waals surface area contributed by atoms with E-state index < -0.39 is 12.2 Å². The largest absolute Gasteiger partial charge is 0.393 e. The fraction of sp³-hybridized carbons (Fsp3) is 0.680. The molecule has 0 saturated heterocycles. The molecule has 2 N–H and O–H groups in total. The van der Waals surface area contributed by atoms with Crippen LogP contribution in [0.4, 0.5) is 0 Å². The van der Waals surface area contributed by atoms with Crippen LogP contribution < -0.4 is 0 Å². The molecule has 150 valence electrons. The van der Waals surface area contributed by atoms with Crippen LogP contribution in [0.2, 0.25) is 0 Å². The molecule has 0 spiro atoms. The minimum Gasteiger partial charge on any atom is -0.393 e. The first-order chi connectivity index (χ1) is 12.8. The molecule has 3 aliphatic carbocycles. The third-order valence-electron chi connectivity index (χ3n) is 7.37. The summed E-state index contributed by atoms with van der Waals surface area (Å²) in [5.41, 5.74) is 3.82. The van der Waals surface area contributed by atoms with E-state index in [2.05, 4.69) is 51.7 Å². The Morgan fingerprint density at radius 1 is 1.22 bits per heavy atom. The van der Waals surface area contributed by atoms with Gasteiger partial charge in [-0.1, -0.05) is 57.2 Å². The Labute approximate surface area is 165 Å². The summed E-state index contributed by atoms with van der Waals surface area (Å²) in [6.45, 7) is 11.1. The number of allylic oxidation sites excluding steroid dienone is 5. The van der Waals surface area contributed by atoms with Crippen molar-refractivity contribution in [2.75, 3.05) is 0 Å². The molecule has 0 aliphatic heterocycles. The van der Waals surface area contributed by atoms with Gasteiger partial charge in [0.15, 0.2) is 0 Å². The van der Waals surface area contributed by atoms with E-state index in [4.69, 9.17) is 0 Å². The quantitative estimate of drug-likeness (QED) is 0.620. The summed E-state index contributed by atoms with van der Waals surface area (Å²) in [5, 5.41) is 20.1. The second kappa shape index (κ2) is 8.49. The molecule has 3 rings (SSSR count). The predicted octanol–water partition coefficient (Wildman–Crippen LogP) is 5.73. The van der Waals surface area contributed by atoms with Gasteiger partial charge in [-0.3, -0.25) is 0 Å². The van der Waals surface area contributed by atoms with Crippen molar-refractivity contribution in [3.05, 3.63) is 47.6 Å². The number of hydrogen-bond acceptors (Lipinski definition) is 2. The van der Waals surface area contributed by atoms with Crippen LogP contribution in [-0.2, 0) is 0 Å². The summed E-state index contributed by atoms with van der Waals surface area (Å²) in [4.78, 5) is 0. The van der Waals surface area contributed by atoms with Gasteiger partial charge in [0.1, 0.15) is 0 Å². The van der Waals surface area contributed by atoms with Crippen molar-refractivity contribution >= 4 is 0 Å². The zero-order chi connectivity index (χ0) is 19.6. The molecule has 0 aromatic heterocycles. The third kappa shape index (κ3) is 4.49. The highest BCUT2D eigenvalue weighted by molar-refractivity contribution is 5.38. The molecular formula is C25H38O2. The standard InChI is InChI=1S/C25H38O2/c1-17(2)7-5-9-21-12-13-23-19(8-6-14-25(21,23)4)10-11-20-15-22(26)16-24(27)18(20)3/h5,7,10-11,17,21-24,26-27H,3,6,8-9,12-16H2,1-2,4H3/b7-5+,19-10+,20-11-/t21-,22+,23?,24?,25?/m0/s1. The van der Waals surface area contributed by atoms with Crippen LogP contribution >= 0.6 is 0 Å². The molecule has 3 saturated carbocycles. The fourth-order valence-corrected chi connectivity index (χ4v) is 5.71. The van der Waals surface area contributed by atoms with E-state index in [9.17, 15) is 10.2 Å². The summed E-state index contributed by atoms with van der Waals surface area (Å²) < 4.78 is 0. The lowest BCUT2D eigenvalue weighted by molar-refractivity contribution is 0.0862. The van der Waals surface area contributed by atoms with Crippen molar-refractivity contribution in [3.8, 4) is 0 Å². The summed E-state index contributed by atoms with van der Waals surface area (Å²) in [7, 11) is 0. The Morgan fingerprint density at radius 2 is 2.00 bits per heavy atom. The molecule has 27 heavy (non-hydrogen) atoms. The molecule has 0 radical (unpaired) electrons. The summed E-state index contributed by atoms with van der Waals surface area (Å²) in [6, 6.07) is 0. The molecule has 2 heteroatoms. The van der Waals surface area contributed by atoms with Gasteiger partial charge in [0.25, 0.3) is 0 Å². The van der Waals surface area contributed by atoms with E-state index in [1.54, 1.807) is 5.57 Å². The summed E-state index contributed by atoms with van der Waals surface area (Å²) in [5.74, 6) is 2.12. The zero-order valence-electron chi connectivity index (χ0n) is 17.5. The first-order valence-corrected chi connectivity index (χ1v) is 10.9. The second-order valence-corrected chi connectivity index (χ2v) is 9.66. The van der Waals surface area contributed by atoms with Gasteiger partial charge in [0.2, 0.25) is 0 Å². The monoisotopic (exact) mass is 370 g/mol. The van der Waals surface area contributed by atoms with E-state index in [1.807, 2.05) is 0 Å². The minimum atomic E-state index is -0.598. The van der Waals surface area contributed by atoms with Crippen LogP contribution in [0.1, 0.15) is 72.1 Å². The van der Waals surface area contributed by atoms with Gasteiger partial charge in [0, 0.05) is 6.42 Å². The molecule has 0 aromatic carbocycles. The van der Waals surface area contributed by atoms with Gasteiger partial charge in [-0.15, -0.1) is 0 Å². The maximum Gasteiger partial charge on any atom is 0.0811 e. The average Bonchev–Trinajstić information content (AvgIpc) is 2.93. The van der Waals surface area contributed by atoms with E-state index in [0.717, 1.165) is 17.1 Å². The van der Waals surface area contributed by atoms with Gasteiger partial charge in [0.05, 0.1) is 12.2 Å². The number of aliphatic hydroxyl groups excluding tert-OH is 2. The van der Waals surface area contributed by atoms with Crippen molar-refractivity contribution in [1.29, 1.82) is 0 Å². The Balaban J connectivity index is 1.75. The van der Waals surface area contributed by atoms with Crippen LogP contribution in [-0.4, -0.2) is 22.4 Å². The average molecular weight is 371 g/mol.